The van der Waals surface area contributed by atoms with Gasteiger partial charge in [0.1, 0.15) is 0 Å². The van der Waals surface area contributed by atoms with Gasteiger partial charge in [-0.05, 0) is 25.5 Å². The number of carbonyl (C=O) groups excluding carboxylic acids is 1. The standard InChI is InChI=1S/C13H14Cl2O4/c1-2-19-13-9(14)6-8(7-10(13)15)11(16)4-3-5-12(17)18/h6-7H,2-5H2,1H3,(H,17,18). The van der Waals surface area contributed by atoms with Crippen molar-refractivity contribution in [1.82, 2.24) is 0 Å². The molecule has 0 bridgehead atoms. The van der Waals surface area contributed by atoms with E-state index in [4.69, 9.17) is 33.0 Å². The molecule has 1 rings (SSSR count). The monoisotopic (exact) mass is 304 g/mol. The molecule has 0 saturated heterocycles. The first-order valence-electron chi connectivity index (χ1n) is 5.82. The highest BCUT2D eigenvalue weighted by atomic mass is 35.5. The lowest BCUT2D eigenvalue weighted by atomic mass is 10.1. The third kappa shape index (κ3) is 4.73. The first-order chi connectivity index (χ1) is 8.95. The minimum atomic E-state index is -0.921. The lowest BCUT2D eigenvalue weighted by Crippen LogP contribution is -2.03. The summed E-state index contributed by atoms with van der Waals surface area (Å²) >= 11 is 12.0. The maximum absolute atomic E-state index is 11.8. The van der Waals surface area contributed by atoms with Crippen LogP contribution in [0.25, 0.3) is 0 Å². The van der Waals surface area contributed by atoms with Crippen molar-refractivity contribution in [2.45, 2.75) is 26.2 Å². The van der Waals surface area contributed by atoms with Gasteiger partial charge in [0.25, 0.3) is 0 Å². The van der Waals surface area contributed by atoms with Crippen molar-refractivity contribution < 1.29 is 19.4 Å². The van der Waals surface area contributed by atoms with Crippen LogP contribution in [-0.2, 0) is 4.79 Å². The van der Waals surface area contributed by atoms with Gasteiger partial charge in [-0.2, -0.15) is 0 Å². The lowest BCUT2D eigenvalue weighted by Gasteiger charge is -2.09. The molecule has 0 aliphatic carbocycles. The molecule has 1 aromatic carbocycles. The predicted octanol–water partition coefficient (Wildman–Crippen LogP) is 3.83. The number of Topliss-reactive ketones (excluding diaryl/α,β-unsaturated/α-hetero) is 1. The van der Waals surface area contributed by atoms with Gasteiger partial charge >= 0.3 is 5.97 Å². The number of benzene rings is 1. The average molecular weight is 305 g/mol. The van der Waals surface area contributed by atoms with Gasteiger partial charge in [0.2, 0.25) is 0 Å². The van der Waals surface area contributed by atoms with Crippen LogP contribution in [0.5, 0.6) is 5.75 Å². The smallest absolute Gasteiger partial charge is 0.303 e. The maximum atomic E-state index is 11.8. The molecule has 104 valence electrons. The quantitative estimate of drug-likeness (QED) is 0.778. The van der Waals surface area contributed by atoms with Crippen LogP contribution in [0.15, 0.2) is 12.1 Å². The molecule has 0 spiro atoms. The number of carboxylic acids is 1. The van der Waals surface area contributed by atoms with E-state index in [1.165, 1.54) is 12.1 Å². The molecule has 0 heterocycles. The Bertz CT molecular complexity index is 463. The Morgan fingerprint density at radius 2 is 1.79 bits per heavy atom. The van der Waals surface area contributed by atoms with Crippen LogP contribution < -0.4 is 4.74 Å². The van der Waals surface area contributed by atoms with Crippen molar-refractivity contribution in [3.8, 4) is 5.75 Å². The predicted molar refractivity (Wildman–Crippen MR) is 73.4 cm³/mol. The van der Waals surface area contributed by atoms with E-state index in [9.17, 15) is 9.59 Å². The third-order valence-electron chi connectivity index (χ3n) is 2.40. The van der Waals surface area contributed by atoms with Gasteiger partial charge in [-0.15, -0.1) is 0 Å². The Kier molecular flexibility index (Phi) is 6.12. The molecular weight excluding hydrogens is 291 g/mol. The molecule has 0 unspecified atom stereocenters. The second-order valence-electron chi connectivity index (χ2n) is 3.87. The molecule has 1 aromatic rings. The number of ketones is 1. The van der Waals surface area contributed by atoms with Gasteiger partial charge in [-0.25, -0.2) is 0 Å². The Labute approximate surface area is 121 Å². The van der Waals surface area contributed by atoms with Crippen LogP contribution in [0.1, 0.15) is 36.5 Å². The summed E-state index contributed by atoms with van der Waals surface area (Å²) in [5.41, 5.74) is 0.365. The molecule has 0 aliphatic heterocycles. The maximum Gasteiger partial charge on any atom is 0.303 e. The summed E-state index contributed by atoms with van der Waals surface area (Å²) in [7, 11) is 0. The fourth-order valence-corrected chi connectivity index (χ4v) is 2.14. The number of aliphatic carboxylic acids is 1. The van der Waals surface area contributed by atoms with Crippen molar-refractivity contribution in [2.24, 2.45) is 0 Å². The first kappa shape index (κ1) is 15.8. The van der Waals surface area contributed by atoms with E-state index < -0.39 is 5.97 Å². The van der Waals surface area contributed by atoms with Crippen LogP contribution in [0.3, 0.4) is 0 Å². The lowest BCUT2D eigenvalue weighted by molar-refractivity contribution is -0.137. The van der Waals surface area contributed by atoms with Crippen molar-refractivity contribution in [2.75, 3.05) is 6.61 Å². The van der Waals surface area contributed by atoms with E-state index in [1.54, 1.807) is 6.92 Å². The fraction of sp³-hybridized carbons (Fsp3) is 0.385. The zero-order valence-corrected chi connectivity index (χ0v) is 11.9. The Balaban J connectivity index is 2.79. The number of ether oxygens (including phenoxy) is 1. The number of carbonyl (C=O) groups is 2. The number of rotatable bonds is 7. The first-order valence-corrected chi connectivity index (χ1v) is 6.58. The molecule has 1 N–H and O–H groups in total. The number of carboxylic acid groups (broad SMARTS) is 1. The van der Waals surface area contributed by atoms with Gasteiger partial charge in [-0.1, -0.05) is 23.2 Å². The summed E-state index contributed by atoms with van der Waals surface area (Å²) in [4.78, 5) is 22.2. The summed E-state index contributed by atoms with van der Waals surface area (Å²) in [6.07, 6.45) is 0.397. The van der Waals surface area contributed by atoms with Crippen molar-refractivity contribution in [3.05, 3.63) is 27.7 Å². The van der Waals surface area contributed by atoms with Crippen LogP contribution in [-0.4, -0.2) is 23.5 Å². The highest BCUT2D eigenvalue weighted by Gasteiger charge is 2.14. The summed E-state index contributed by atoms with van der Waals surface area (Å²) in [5, 5.41) is 9.06. The SMILES string of the molecule is CCOc1c(Cl)cc(C(=O)CCCC(=O)O)cc1Cl. The topological polar surface area (TPSA) is 63.6 Å². The van der Waals surface area contributed by atoms with Gasteiger partial charge in [0.05, 0.1) is 16.7 Å². The molecule has 0 amide bonds. The molecule has 0 radical (unpaired) electrons. The van der Waals surface area contributed by atoms with Gasteiger partial charge in [0, 0.05) is 18.4 Å². The molecule has 0 saturated carbocycles. The Hall–Kier alpha value is -1.26. The molecule has 19 heavy (non-hydrogen) atoms. The molecule has 4 nitrogen and oxygen atoms in total. The second kappa shape index (κ2) is 7.36. The second-order valence-corrected chi connectivity index (χ2v) is 4.69. The average Bonchev–Trinajstić information content (AvgIpc) is 2.33. The van der Waals surface area contributed by atoms with Crippen LogP contribution in [0, 0.1) is 0 Å². The van der Waals surface area contributed by atoms with E-state index >= 15 is 0 Å². The summed E-state index contributed by atoms with van der Waals surface area (Å²) in [5.74, 6) is -0.753. The van der Waals surface area contributed by atoms with Crippen LogP contribution in [0.4, 0.5) is 0 Å². The molecule has 0 fully saturated rings. The zero-order chi connectivity index (χ0) is 14.4. The van der Waals surface area contributed by atoms with E-state index in [1.807, 2.05) is 0 Å². The Morgan fingerprint density at radius 3 is 2.26 bits per heavy atom. The highest BCUT2D eigenvalue weighted by molar-refractivity contribution is 6.37. The molecule has 6 heteroatoms. The molecule has 0 aromatic heterocycles. The zero-order valence-electron chi connectivity index (χ0n) is 10.4. The van der Waals surface area contributed by atoms with Crippen LogP contribution >= 0.6 is 23.2 Å². The molecular formula is C13H14Cl2O4. The fourth-order valence-electron chi connectivity index (χ4n) is 1.55. The largest absolute Gasteiger partial charge is 0.491 e. The summed E-state index contributed by atoms with van der Waals surface area (Å²) in [6, 6.07) is 2.98. The van der Waals surface area contributed by atoms with Crippen molar-refractivity contribution in [1.29, 1.82) is 0 Å². The van der Waals surface area contributed by atoms with Gasteiger partial charge < -0.3 is 9.84 Å². The molecule has 0 atom stereocenters. The van der Waals surface area contributed by atoms with Gasteiger partial charge in [-0.3, -0.25) is 9.59 Å². The van der Waals surface area contributed by atoms with E-state index in [0.717, 1.165) is 0 Å². The van der Waals surface area contributed by atoms with Crippen molar-refractivity contribution in [3.63, 3.8) is 0 Å². The van der Waals surface area contributed by atoms with Gasteiger partial charge in [0.15, 0.2) is 11.5 Å². The minimum Gasteiger partial charge on any atom is -0.491 e. The Morgan fingerprint density at radius 1 is 1.21 bits per heavy atom. The normalized spacial score (nSPS) is 10.3. The van der Waals surface area contributed by atoms with E-state index in [0.29, 0.717) is 17.9 Å². The van der Waals surface area contributed by atoms with E-state index in [-0.39, 0.29) is 35.1 Å². The van der Waals surface area contributed by atoms with E-state index in [2.05, 4.69) is 0 Å². The molecule has 0 aliphatic rings. The number of halogens is 2. The number of hydrogen-bond donors (Lipinski definition) is 1. The number of hydrogen-bond acceptors (Lipinski definition) is 3. The third-order valence-corrected chi connectivity index (χ3v) is 2.96. The highest BCUT2D eigenvalue weighted by Crippen LogP contribution is 2.34. The minimum absolute atomic E-state index is 0.0375. The summed E-state index contributed by atoms with van der Waals surface area (Å²) in [6.45, 7) is 2.23. The van der Waals surface area contributed by atoms with Crippen molar-refractivity contribution >= 4 is 35.0 Å². The summed E-state index contributed by atoms with van der Waals surface area (Å²) < 4.78 is 5.26. The van der Waals surface area contributed by atoms with Crippen LogP contribution in [0.2, 0.25) is 10.0 Å².